The van der Waals surface area contributed by atoms with Gasteiger partial charge >= 0.3 is 11.7 Å². The molecular formula is C12H15FN2O6. The number of esters is 1. The standard InChI is InChI=1S/C12H15FN2O6/c1-6(17)20-5-7-8(4-16)21-11(10(7)13)15-3-2-9(18)14-12(15)19/h2-3,7-8,10-11,16H,4-5H2,1H3,(H,14,18,19)/t7-,8-,10-,11-/m1/s1. The number of nitrogens with zero attached hydrogens (tertiary/aromatic N) is 1. The second-order valence-electron chi connectivity index (χ2n) is 4.68. The van der Waals surface area contributed by atoms with Crippen LogP contribution < -0.4 is 11.2 Å². The number of halogens is 1. The number of carbonyl (C=O) groups is 1. The fourth-order valence-corrected chi connectivity index (χ4v) is 2.21. The molecule has 1 aromatic heterocycles. The van der Waals surface area contributed by atoms with Gasteiger partial charge in [-0.3, -0.25) is 19.1 Å². The Morgan fingerprint density at radius 2 is 2.29 bits per heavy atom. The predicted molar refractivity (Wildman–Crippen MR) is 67.3 cm³/mol. The fourth-order valence-electron chi connectivity index (χ4n) is 2.21. The number of H-pyrrole nitrogens is 1. The van der Waals surface area contributed by atoms with Gasteiger partial charge in [-0.1, -0.05) is 0 Å². The first kappa shape index (κ1) is 15.4. The van der Waals surface area contributed by atoms with Crippen molar-refractivity contribution in [1.82, 2.24) is 9.55 Å². The first-order valence-electron chi connectivity index (χ1n) is 6.29. The summed E-state index contributed by atoms with van der Waals surface area (Å²) in [6.07, 6.45) is -2.78. The van der Waals surface area contributed by atoms with Crippen molar-refractivity contribution in [1.29, 1.82) is 0 Å². The van der Waals surface area contributed by atoms with Gasteiger partial charge in [0, 0.05) is 19.2 Å². The number of nitrogens with one attached hydrogen (secondary N) is 1. The van der Waals surface area contributed by atoms with E-state index >= 15 is 0 Å². The van der Waals surface area contributed by atoms with Gasteiger partial charge in [0.25, 0.3) is 5.56 Å². The summed E-state index contributed by atoms with van der Waals surface area (Å²) in [6.45, 7) is 0.429. The summed E-state index contributed by atoms with van der Waals surface area (Å²) in [5.74, 6) is -1.48. The molecule has 116 valence electrons. The largest absolute Gasteiger partial charge is 0.465 e. The number of ether oxygens (including phenoxy) is 2. The lowest BCUT2D eigenvalue weighted by Crippen LogP contribution is -2.35. The van der Waals surface area contributed by atoms with E-state index in [0.29, 0.717) is 0 Å². The second kappa shape index (κ2) is 6.19. The Labute approximate surface area is 118 Å². The third-order valence-electron chi connectivity index (χ3n) is 3.26. The summed E-state index contributed by atoms with van der Waals surface area (Å²) < 4.78 is 25.4. The maximum absolute atomic E-state index is 14.4. The van der Waals surface area contributed by atoms with E-state index in [0.717, 1.165) is 16.8 Å². The number of carbonyl (C=O) groups excluding carboxylic acids is 1. The van der Waals surface area contributed by atoms with Gasteiger partial charge < -0.3 is 14.6 Å². The third-order valence-corrected chi connectivity index (χ3v) is 3.26. The zero-order chi connectivity index (χ0) is 15.6. The van der Waals surface area contributed by atoms with E-state index in [1.165, 1.54) is 6.92 Å². The molecule has 1 aliphatic heterocycles. The minimum absolute atomic E-state index is 0.268. The Hall–Kier alpha value is -2.00. The Bertz CT molecular complexity index is 627. The van der Waals surface area contributed by atoms with Crippen LogP contribution >= 0.6 is 0 Å². The van der Waals surface area contributed by atoms with Crippen LogP contribution in [0.3, 0.4) is 0 Å². The lowest BCUT2D eigenvalue weighted by Gasteiger charge is -2.17. The molecule has 0 radical (unpaired) electrons. The van der Waals surface area contributed by atoms with Crippen molar-refractivity contribution >= 4 is 5.97 Å². The van der Waals surface area contributed by atoms with Gasteiger partial charge in [-0.25, -0.2) is 9.18 Å². The van der Waals surface area contributed by atoms with Crippen LogP contribution in [0.25, 0.3) is 0 Å². The molecule has 0 amide bonds. The number of aliphatic hydroxyl groups is 1. The van der Waals surface area contributed by atoms with Gasteiger partial charge in [-0.15, -0.1) is 0 Å². The van der Waals surface area contributed by atoms with Crippen LogP contribution in [-0.4, -0.2) is 46.1 Å². The number of alkyl halides is 1. The molecule has 8 nitrogen and oxygen atoms in total. The molecule has 0 bridgehead atoms. The highest BCUT2D eigenvalue weighted by molar-refractivity contribution is 5.65. The van der Waals surface area contributed by atoms with Crippen LogP contribution in [0.15, 0.2) is 21.9 Å². The fraction of sp³-hybridized carbons (Fsp3) is 0.583. The predicted octanol–water partition coefficient (Wildman–Crippen LogP) is -1.06. The van der Waals surface area contributed by atoms with E-state index in [1.807, 2.05) is 4.98 Å². The quantitative estimate of drug-likeness (QED) is 0.686. The Morgan fingerprint density at radius 1 is 1.57 bits per heavy atom. The van der Waals surface area contributed by atoms with Crippen molar-refractivity contribution in [2.45, 2.75) is 25.4 Å². The number of aromatic nitrogens is 2. The van der Waals surface area contributed by atoms with Crippen LogP contribution in [0.5, 0.6) is 0 Å². The summed E-state index contributed by atoms with van der Waals surface area (Å²) in [5.41, 5.74) is -1.43. The summed E-state index contributed by atoms with van der Waals surface area (Å²) in [4.78, 5) is 35.4. The summed E-state index contributed by atoms with van der Waals surface area (Å²) in [5, 5.41) is 9.22. The minimum Gasteiger partial charge on any atom is -0.465 e. The lowest BCUT2D eigenvalue weighted by atomic mass is 10.0. The average Bonchev–Trinajstić information content (AvgIpc) is 2.73. The smallest absolute Gasteiger partial charge is 0.330 e. The molecule has 0 spiro atoms. The first-order chi connectivity index (χ1) is 9.93. The molecule has 1 aliphatic rings. The van der Waals surface area contributed by atoms with Gasteiger partial charge in [0.05, 0.1) is 25.2 Å². The van der Waals surface area contributed by atoms with Crippen LogP contribution in [0.1, 0.15) is 13.2 Å². The van der Waals surface area contributed by atoms with Crippen molar-refractivity contribution in [3.8, 4) is 0 Å². The molecule has 0 aliphatic carbocycles. The van der Waals surface area contributed by atoms with Crippen molar-refractivity contribution < 1.29 is 23.8 Å². The first-order valence-corrected chi connectivity index (χ1v) is 6.29. The highest BCUT2D eigenvalue weighted by Crippen LogP contribution is 2.35. The molecule has 2 heterocycles. The number of hydrogen-bond donors (Lipinski definition) is 2. The van der Waals surface area contributed by atoms with Gasteiger partial charge in [0.1, 0.15) is 0 Å². The van der Waals surface area contributed by atoms with Gasteiger partial charge in [-0.05, 0) is 0 Å². The Balaban J connectivity index is 2.24. The number of rotatable bonds is 4. The number of aliphatic hydroxyl groups excluding tert-OH is 1. The van der Waals surface area contributed by atoms with Crippen molar-refractivity contribution in [2.75, 3.05) is 13.2 Å². The van der Waals surface area contributed by atoms with Crippen LogP contribution in [0, 0.1) is 5.92 Å². The monoisotopic (exact) mass is 302 g/mol. The lowest BCUT2D eigenvalue weighted by molar-refractivity contribution is -0.143. The maximum atomic E-state index is 14.4. The molecule has 0 saturated carbocycles. The topological polar surface area (TPSA) is 111 Å². The van der Waals surface area contributed by atoms with E-state index in [1.54, 1.807) is 0 Å². The highest BCUT2D eigenvalue weighted by Gasteiger charge is 2.46. The molecule has 1 fully saturated rings. The van der Waals surface area contributed by atoms with Crippen molar-refractivity contribution in [3.05, 3.63) is 33.1 Å². The highest BCUT2D eigenvalue weighted by atomic mass is 19.1. The maximum Gasteiger partial charge on any atom is 0.330 e. The van der Waals surface area contributed by atoms with Gasteiger partial charge in [0.2, 0.25) is 0 Å². The average molecular weight is 302 g/mol. The third kappa shape index (κ3) is 3.19. The normalized spacial score (nSPS) is 28.5. The number of hydrogen-bond acceptors (Lipinski definition) is 6. The van der Waals surface area contributed by atoms with Gasteiger partial charge in [0.15, 0.2) is 12.4 Å². The van der Waals surface area contributed by atoms with E-state index in [4.69, 9.17) is 9.47 Å². The molecule has 0 unspecified atom stereocenters. The molecule has 0 aromatic carbocycles. The summed E-state index contributed by atoms with van der Waals surface area (Å²) >= 11 is 0. The molecule has 1 saturated heterocycles. The van der Waals surface area contributed by atoms with E-state index < -0.39 is 48.2 Å². The Kier molecular flexibility index (Phi) is 4.53. The molecule has 2 N–H and O–H groups in total. The number of aromatic amines is 1. The molecule has 21 heavy (non-hydrogen) atoms. The van der Waals surface area contributed by atoms with Crippen LogP contribution in [0.2, 0.25) is 0 Å². The molecule has 1 aromatic rings. The minimum atomic E-state index is -1.68. The molecule has 9 heteroatoms. The molecular weight excluding hydrogens is 287 g/mol. The zero-order valence-corrected chi connectivity index (χ0v) is 11.2. The second-order valence-corrected chi connectivity index (χ2v) is 4.68. The van der Waals surface area contributed by atoms with E-state index in [9.17, 15) is 23.9 Å². The van der Waals surface area contributed by atoms with Crippen molar-refractivity contribution in [2.24, 2.45) is 5.92 Å². The Morgan fingerprint density at radius 3 is 2.86 bits per heavy atom. The van der Waals surface area contributed by atoms with Crippen LogP contribution in [0.4, 0.5) is 4.39 Å². The molecule has 2 rings (SSSR count). The zero-order valence-electron chi connectivity index (χ0n) is 11.2. The summed E-state index contributed by atoms with van der Waals surface area (Å²) in [7, 11) is 0. The molecule has 4 atom stereocenters. The van der Waals surface area contributed by atoms with E-state index in [2.05, 4.69) is 0 Å². The van der Waals surface area contributed by atoms with E-state index in [-0.39, 0.29) is 6.61 Å². The van der Waals surface area contributed by atoms with Crippen molar-refractivity contribution in [3.63, 3.8) is 0 Å². The van der Waals surface area contributed by atoms with Gasteiger partial charge in [-0.2, -0.15) is 0 Å². The SMILES string of the molecule is CC(=O)OC[C@H]1[C@@H](F)[C@H](n2ccc(=O)[nH]c2=O)O[C@@H]1CO. The van der Waals surface area contributed by atoms with Crippen LogP contribution in [-0.2, 0) is 14.3 Å². The summed E-state index contributed by atoms with van der Waals surface area (Å²) in [6, 6.07) is 1.06.